The molecular formula is C28H44N6O5. The number of rotatable bonds is 8. The molecule has 1 saturated carbocycles. The summed E-state index contributed by atoms with van der Waals surface area (Å²) in [7, 11) is 0. The average Bonchev–Trinajstić information content (AvgIpc) is 3.33. The van der Waals surface area contributed by atoms with Crippen LogP contribution in [0.25, 0.3) is 0 Å². The Balaban J connectivity index is 1.75. The van der Waals surface area contributed by atoms with Crippen molar-refractivity contribution < 1.29 is 23.9 Å². The normalized spacial score (nSPS) is 21.9. The highest BCUT2D eigenvalue weighted by Gasteiger charge is 2.41. The summed E-state index contributed by atoms with van der Waals surface area (Å²) in [5.74, 6) is -2.26. The molecule has 3 amide bonds. The molecule has 1 aliphatic carbocycles. The fourth-order valence-corrected chi connectivity index (χ4v) is 5.13. The van der Waals surface area contributed by atoms with Gasteiger partial charge in [-0.05, 0) is 44.9 Å². The van der Waals surface area contributed by atoms with Crippen LogP contribution >= 0.6 is 0 Å². The zero-order chi connectivity index (χ0) is 28.8. The van der Waals surface area contributed by atoms with E-state index in [2.05, 4.69) is 31.2 Å². The first kappa shape index (κ1) is 30.5. The lowest BCUT2D eigenvalue weighted by atomic mass is 9.82. The van der Waals surface area contributed by atoms with Gasteiger partial charge in [-0.2, -0.15) is 0 Å². The van der Waals surface area contributed by atoms with E-state index >= 15 is 0 Å². The highest BCUT2D eigenvalue weighted by Crippen LogP contribution is 2.28. The Kier molecular flexibility index (Phi) is 10.0. The van der Waals surface area contributed by atoms with E-state index in [4.69, 9.17) is 4.74 Å². The highest BCUT2D eigenvalue weighted by atomic mass is 16.6. The van der Waals surface area contributed by atoms with Gasteiger partial charge in [0.05, 0.1) is 18.2 Å². The molecule has 2 unspecified atom stereocenters. The summed E-state index contributed by atoms with van der Waals surface area (Å²) >= 11 is 0. The molecule has 0 bridgehead atoms. The zero-order valence-electron chi connectivity index (χ0n) is 24.0. The molecule has 0 spiro atoms. The van der Waals surface area contributed by atoms with E-state index in [1.807, 2.05) is 20.8 Å². The number of carbonyl (C=O) groups excluding carboxylic acids is 4. The van der Waals surface area contributed by atoms with Crippen LogP contribution in [0.2, 0.25) is 0 Å². The molecule has 11 heteroatoms. The summed E-state index contributed by atoms with van der Waals surface area (Å²) in [5, 5.41) is 11.9. The topological polar surface area (TPSA) is 151 Å². The van der Waals surface area contributed by atoms with Gasteiger partial charge in [-0.3, -0.25) is 24.2 Å². The molecule has 0 radical (unpaired) electrons. The third kappa shape index (κ3) is 8.71. The van der Waals surface area contributed by atoms with E-state index in [-0.39, 0.29) is 23.5 Å². The van der Waals surface area contributed by atoms with E-state index in [1.165, 1.54) is 18.6 Å². The molecule has 2 aliphatic rings. The number of carbonyl (C=O) groups is 4. The standard InChI is InChI=1S/C28H44N6O5/c1-27(2,3)22(25(37)32-19-15-30-14-18(19)26(38)39-28(4,5)6)34-24(36)21(17-10-8-7-9-11-17)33-23(35)20-16-29-12-13-31-20/h12-13,16-19,21-22,30H,7-11,14-15H2,1-6H3,(H,32,37)(H,33,35)(H,34,36)/t18-,19?,21+,22?/m1/s1. The molecule has 1 aliphatic heterocycles. The number of ether oxygens (including phenoxy) is 1. The van der Waals surface area contributed by atoms with Crippen LogP contribution in [0.5, 0.6) is 0 Å². The molecule has 4 atom stereocenters. The third-order valence-electron chi connectivity index (χ3n) is 7.15. The fourth-order valence-electron chi connectivity index (χ4n) is 5.13. The molecule has 216 valence electrons. The predicted molar refractivity (Wildman–Crippen MR) is 145 cm³/mol. The number of nitrogens with one attached hydrogen (secondary N) is 4. The van der Waals surface area contributed by atoms with E-state index in [0.717, 1.165) is 32.1 Å². The third-order valence-corrected chi connectivity index (χ3v) is 7.15. The van der Waals surface area contributed by atoms with Gasteiger partial charge in [0.15, 0.2) is 0 Å². The van der Waals surface area contributed by atoms with Crippen LogP contribution in [0.4, 0.5) is 0 Å². The maximum Gasteiger partial charge on any atom is 0.312 e. The average molecular weight is 545 g/mol. The predicted octanol–water partition coefficient (Wildman–Crippen LogP) is 1.73. The van der Waals surface area contributed by atoms with E-state index in [9.17, 15) is 19.2 Å². The Morgan fingerprint density at radius 2 is 1.64 bits per heavy atom. The molecule has 1 aromatic heterocycles. The highest BCUT2D eigenvalue weighted by molar-refractivity contribution is 5.97. The molecule has 1 saturated heterocycles. The Hall–Kier alpha value is -3.08. The summed E-state index contributed by atoms with van der Waals surface area (Å²) in [6.45, 7) is 11.8. The van der Waals surface area contributed by atoms with Gasteiger partial charge < -0.3 is 26.0 Å². The van der Waals surface area contributed by atoms with Crippen molar-refractivity contribution >= 4 is 23.7 Å². The van der Waals surface area contributed by atoms with Crippen molar-refractivity contribution in [1.29, 1.82) is 0 Å². The van der Waals surface area contributed by atoms with Crippen LogP contribution in [0.1, 0.15) is 84.1 Å². The minimum absolute atomic E-state index is 0.0568. The van der Waals surface area contributed by atoms with E-state index in [1.54, 1.807) is 20.8 Å². The number of esters is 1. The molecule has 39 heavy (non-hydrogen) atoms. The maximum absolute atomic E-state index is 13.7. The summed E-state index contributed by atoms with van der Waals surface area (Å²) in [5.41, 5.74) is -1.16. The SMILES string of the molecule is CC(C)(C)OC(=O)[C@@H]1CNCC1NC(=O)C(NC(=O)[C@@H](NC(=O)c1cnccn1)C1CCCCC1)C(C)(C)C. The zero-order valence-corrected chi connectivity index (χ0v) is 24.0. The van der Waals surface area contributed by atoms with Gasteiger partial charge >= 0.3 is 5.97 Å². The number of nitrogens with zero attached hydrogens (tertiary/aromatic N) is 2. The van der Waals surface area contributed by atoms with Crippen molar-refractivity contribution in [1.82, 2.24) is 31.2 Å². The second-order valence-electron chi connectivity index (χ2n) is 12.7. The lowest BCUT2D eigenvalue weighted by Gasteiger charge is -2.35. The molecule has 2 heterocycles. The van der Waals surface area contributed by atoms with Gasteiger partial charge in [0.2, 0.25) is 11.8 Å². The van der Waals surface area contributed by atoms with Gasteiger partial charge in [-0.25, -0.2) is 4.98 Å². The monoisotopic (exact) mass is 544 g/mol. The Labute approximate surface area is 231 Å². The van der Waals surface area contributed by atoms with Crippen LogP contribution in [-0.2, 0) is 19.1 Å². The molecule has 11 nitrogen and oxygen atoms in total. The van der Waals surface area contributed by atoms with Crippen molar-refractivity contribution in [3.8, 4) is 0 Å². The summed E-state index contributed by atoms with van der Waals surface area (Å²) < 4.78 is 5.55. The molecule has 2 fully saturated rings. The van der Waals surface area contributed by atoms with Gasteiger partial charge in [-0.1, -0.05) is 40.0 Å². The van der Waals surface area contributed by atoms with Gasteiger partial charge in [0, 0.05) is 25.5 Å². The van der Waals surface area contributed by atoms with Crippen molar-refractivity contribution in [3.05, 3.63) is 24.3 Å². The minimum atomic E-state index is -0.899. The van der Waals surface area contributed by atoms with Crippen molar-refractivity contribution in [2.45, 2.75) is 97.4 Å². The number of hydrogen-bond donors (Lipinski definition) is 4. The number of hydrogen-bond acceptors (Lipinski definition) is 8. The van der Waals surface area contributed by atoms with Gasteiger partial charge in [0.25, 0.3) is 5.91 Å². The Morgan fingerprint density at radius 1 is 0.949 bits per heavy atom. The molecule has 3 rings (SSSR count). The first-order valence-electron chi connectivity index (χ1n) is 13.9. The van der Waals surface area contributed by atoms with Crippen LogP contribution in [0.3, 0.4) is 0 Å². The number of amides is 3. The smallest absolute Gasteiger partial charge is 0.312 e. The lowest BCUT2D eigenvalue weighted by molar-refractivity contribution is -0.160. The van der Waals surface area contributed by atoms with E-state index in [0.29, 0.717) is 13.1 Å². The van der Waals surface area contributed by atoms with E-state index < -0.39 is 46.9 Å². The Morgan fingerprint density at radius 3 is 2.23 bits per heavy atom. The summed E-state index contributed by atoms with van der Waals surface area (Å²) in [4.78, 5) is 60.9. The maximum atomic E-state index is 13.7. The van der Waals surface area contributed by atoms with Crippen LogP contribution < -0.4 is 21.3 Å². The van der Waals surface area contributed by atoms with Crippen LogP contribution in [0, 0.1) is 17.3 Å². The first-order chi connectivity index (χ1) is 18.3. The largest absolute Gasteiger partial charge is 0.460 e. The summed E-state index contributed by atoms with van der Waals surface area (Å²) in [6.07, 6.45) is 8.89. The first-order valence-corrected chi connectivity index (χ1v) is 13.9. The lowest BCUT2D eigenvalue weighted by Crippen LogP contribution is -2.61. The second-order valence-corrected chi connectivity index (χ2v) is 12.7. The fraction of sp³-hybridized carbons (Fsp3) is 0.714. The van der Waals surface area contributed by atoms with Crippen LogP contribution in [-0.4, -0.2) is 70.5 Å². The minimum Gasteiger partial charge on any atom is -0.460 e. The molecule has 1 aromatic rings. The molecule has 4 N–H and O–H groups in total. The van der Waals surface area contributed by atoms with Gasteiger partial charge in [0.1, 0.15) is 23.4 Å². The quantitative estimate of drug-likeness (QED) is 0.361. The molecule has 0 aromatic carbocycles. The van der Waals surface area contributed by atoms with Crippen LogP contribution in [0.15, 0.2) is 18.6 Å². The number of aromatic nitrogens is 2. The summed E-state index contributed by atoms with van der Waals surface area (Å²) in [6, 6.07) is -2.19. The molecular weight excluding hydrogens is 500 g/mol. The van der Waals surface area contributed by atoms with Gasteiger partial charge in [-0.15, -0.1) is 0 Å². The second kappa shape index (κ2) is 12.8. The van der Waals surface area contributed by atoms with Crippen molar-refractivity contribution in [2.75, 3.05) is 13.1 Å². The van der Waals surface area contributed by atoms with Crippen molar-refractivity contribution in [2.24, 2.45) is 17.3 Å². The Bertz CT molecular complexity index is 1010. The van der Waals surface area contributed by atoms with Crippen molar-refractivity contribution in [3.63, 3.8) is 0 Å².